The predicted octanol–water partition coefficient (Wildman–Crippen LogP) is 1.08. The van der Waals surface area contributed by atoms with Crippen molar-refractivity contribution >= 4 is 28.4 Å². The molecule has 0 heterocycles. The standard InChI is InChI=1S/C12H15NO4S/c1-8-3-4-10(5-9(8)2)13-11(14)6-18(17)7-12(15)16/h3-5H,6-7H2,1-2H3,(H,13,14)(H,15,16). The minimum atomic E-state index is -1.68. The first kappa shape index (κ1) is 14.4. The summed E-state index contributed by atoms with van der Waals surface area (Å²) in [7, 11) is -1.68. The van der Waals surface area contributed by atoms with Crippen molar-refractivity contribution in [1.82, 2.24) is 0 Å². The molecule has 0 aliphatic carbocycles. The van der Waals surface area contributed by atoms with E-state index in [0.717, 1.165) is 11.1 Å². The molecule has 0 radical (unpaired) electrons. The van der Waals surface area contributed by atoms with Crippen molar-refractivity contribution in [2.75, 3.05) is 16.8 Å². The Labute approximate surface area is 108 Å². The molecule has 0 spiro atoms. The smallest absolute Gasteiger partial charge is 0.316 e. The topological polar surface area (TPSA) is 83.5 Å². The minimum absolute atomic E-state index is 0.306. The normalized spacial score (nSPS) is 11.9. The molecule has 0 saturated carbocycles. The highest BCUT2D eigenvalue weighted by molar-refractivity contribution is 7.86. The second kappa shape index (κ2) is 6.30. The molecular weight excluding hydrogens is 254 g/mol. The van der Waals surface area contributed by atoms with Crippen molar-refractivity contribution in [3.63, 3.8) is 0 Å². The van der Waals surface area contributed by atoms with E-state index in [0.29, 0.717) is 5.69 Å². The van der Waals surface area contributed by atoms with Crippen LogP contribution >= 0.6 is 0 Å². The van der Waals surface area contributed by atoms with Gasteiger partial charge in [-0.3, -0.25) is 13.8 Å². The second-order valence-electron chi connectivity index (χ2n) is 3.97. The van der Waals surface area contributed by atoms with Gasteiger partial charge in [0.25, 0.3) is 0 Å². The van der Waals surface area contributed by atoms with Gasteiger partial charge in [-0.15, -0.1) is 0 Å². The predicted molar refractivity (Wildman–Crippen MR) is 70.1 cm³/mol. The first-order valence-electron chi connectivity index (χ1n) is 5.32. The Morgan fingerprint density at radius 1 is 1.22 bits per heavy atom. The van der Waals surface area contributed by atoms with Gasteiger partial charge in [0.1, 0.15) is 11.5 Å². The maximum atomic E-state index is 11.5. The third kappa shape index (κ3) is 4.67. The van der Waals surface area contributed by atoms with Crippen LogP contribution in [0, 0.1) is 13.8 Å². The quantitative estimate of drug-likeness (QED) is 0.837. The van der Waals surface area contributed by atoms with Crippen molar-refractivity contribution in [2.45, 2.75) is 13.8 Å². The van der Waals surface area contributed by atoms with Gasteiger partial charge in [0, 0.05) is 16.5 Å². The van der Waals surface area contributed by atoms with Crippen LogP contribution in [0.1, 0.15) is 11.1 Å². The van der Waals surface area contributed by atoms with Crippen LogP contribution in [0.5, 0.6) is 0 Å². The molecule has 0 aromatic heterocycles. The number of hydrogen-bond acceptors (Lipinski definition) is 3. The van der Waals surface area contributed by atoms with Gasteiger partial charge in [-0.05, 0) is 37.1 Å². The van der Waals surface area contributed by atoms with Crippen molar-refractivity contribution in [3.8, 4) is 0 Å². The highest BCUT2D eigenvalue weighted by atomic mass is 32.2. The highest BCUT2D eigenvalue weighted by Gasteiger charge is 2.11. The summed E-state index contributed by atoms with van der Waals surface area (Å²) in [4.78, 5) is 21.8. The molecule has 6 heteroatoms. The Kier molecular flexibility index (Phi) is 5.03. The molecule has 0 bridgehead atoms. The van der Waals surface area contributed by atoms with Crippen molar-refractivity contribution < 1.29 is 18.9 Å². The number of anilines is 1. The summed E-state index contributed by atoms with van der Waals surface area (Å²) < 4.78 is 11.2. The molecule has 18 heavy (non-hydrogen) atoms. The lowest BCUT2D eigenvalue weighted by Crippen LogP contribution is -2.23. The van der Waals surface area contributed by atoms with E-state index in [1.165, 1.54) is 0 Å². The third-order valence-corrected chi connectivity index (χ3v) is 3.52. The molecule has 0 fully saturated rings. The number of rotatable bonds is 5. The van der Waals surface area contributed by atoms with Gasteiger partial charge in [0.2, 0.25) is 5.91 Å². The summed E-state index contributed by atoms with van der Waals surface area (Å²) in [5.74, 6) is -2.44. The summed E-state index contributed by atoms with van der Waals surface area (Å²) in [5.41, 5.74) is 2.78. The van der Waals surface area contributed by atoms with Gasteiger partial charge in [-0.1, -0.05) is 6.07 Å². The summed E-state index contributed by atoms with van der Waals surface area (Å²) in [6, 6.07) is 5.44. The number of amides is 1. The number of carboxylic acid groups (broad SMARTS) is 1. The Balaban J connectivity index is 2.57. The van der Waals surface area contributed by atoms with Gasteiger partial charge in [0.15, 0.2) is 0 Å². The lowest BCUT2D eigenvalue weighted by atomic mass is 10.1. The molecular formula is C12H15NO4S. The molecule has 1 amide bonds. The molecule has 1 aromatic carbocycles. The molecule has 0 saturated heterocycles. The highest BCUT2D eigenvalue weighted by Crippen LogP contribution is 2.13. The largest absolute Gasteiger partial charge is 0.481 e. The van der Waals surface area contributed by atoms with Gasteiger partial charge in [-0.25, -0.2) is 0 Å². The number of carbonyl (C=O) groups is 2. The minimum Gasteiger partial charge on any atom is -0.481 e. The molecule has 5 nitrogen and oxygen atoms in total. The second-order valence-corrected chi connectivity index (χ2v) is 5.43. The van der Waals surface area contributed by atoms with Crippen molar-refractivity contribution in [2.24, 2.45) is 0 Å². The fraction of sp³-hybridized carbons (Fsp3) is 0.333. The fourth-order valence-electron chi connectivity index (χ4n) is 1.35. The number of carboxylic acids is 1. The van der Waals surface area contributed by atoms with Gasteiger partial charge >= 0.3 is 5.97 Å². The molecule has 0 aliphatic rings. The summed E-state index contributed by atoms with van der Waals surface area (Å²) in [6.07, 6.45) is 0. The Hall–Kier alpha value is -1.69. The zero-order chi connectivity index (χ0) is 13.7. The molecule has 0 aliphatic heterocycles. The van der Waals surface area contributed by atoms with Gasteiger partial charge in [0.05, 0.1) is 0 Å². The number of nitrogens with one attached hydrogen (secondary N) is 1. The molecule has 1 atom stereocenters. The average Bonchev–Trinajstić information content (AvgIpc) is 2.21. The lowest BCUT2D eigenvalue weighted by Gasteiger charge is -2.07. The van der Waals surface area contributed by atoms with E-state index < -0.39 is 28.4 Å². The Bertz CT molecular complexity index is 499. The summed E-state index contributed by atoms with van der Waals surface area (Å²) in [6.45, 7) is 3.89. The van der Waals surface area contributed by atoms with Gasteiger partial charge < -0.3 is 10.4 Å². The Morgan fingerprint density at radius 2 is 1.89 bits per heavy atom. The number of carbonyl (C=O) groups excluding carboxylic acids is 1. The molecule has 98 valence electrons. The molecule has 1 aromatic rings. The molecule has 1 unspecified atom stereocenters. The number of aliphatic carboxylic acids is 1. The van der Waals surface area contributed by atoms with Crippen LogP contribution in [0.25, 0.3) is 0 Å². The first-order valence-corrected chi connectivity index (χ1v) is 6.81. The van der Waals surface area contributed by atoms with Crippen molar-refractivity contribution in [1.29, 1.82) is 0 Å². The number of hydrogen-bond donors (Lipinski definition) is 2. The number of aryl methyl sites for hydroxylation is 2. The van der Waals surface area contributed by atoms with Gasteiger partial charge in [-0.2, -0.15) is 0 Å². The van der Waals surface area contributed by atoms with Crippen LogP contribution in [-0.4, -0.2) is 32.7 Å². The van der Waals surface area contributed by atoms with Crippen LogP contribution in [0.3, 0.4) is 0 Å². The number of benzene rings is 1. The van der Waals surface area contributed by atoms with E-state index in [2.05, 4.69) is 5.32 Å². The van der Waals surface area contributed by atoms with Crippen LogP contribution in [0.2, 0.25) is 0 Å². The summed E-state index contributed by atoms with van der Waals surface area (Å²) >= 11 is 0. The van der Waals surface area contributed by atoms with Crippen LogP contribution in [-0.2, 0) is 20.4 Å². The molecule has 2 N–H and O–H groups in total. The average molecular weight is 269 g/mol. The maximum Gasteiger partial charge on any atom is 0.316 e. The Morgan fingerprint density at radius 3 is 2.44 bits per heavy atom. The SMILES string of the molecule is Cc1ccc(NC(=O)CS(=O)CC(=O)O)cc1C. The van der Waals surface area contributed by atoms with Crippen LogP contribution in [0.15, 0.2) is 18.2 Å². The fourth-order valence-corrected chi connectivity index (χ4v) is 2.09. The van der Waals surface area contributed by atoms with E-state index in [4.69, 9.17) is 5.11 Å². The van der Waals surface area contributed by atoms with E-state index in [1.807, 2.05) is 26.0 Å². The van der Waals surface area contributed by atoms with E-state index >= 15 is 0 Å². The van der Waals surface area contributed by atoms with E-state index in [9.17, 15) is 13.8 Å². The van der Waals surface area contributed by atoms with Crippen LogP contribution in [0.4, 0.5) is 5.69 Å². The monoisotopic (exact) mass is 269 g/mol. The molecule has 1 rings (SSSR count). The van der Waals surface area contributed by atoms with E-state index in [-0.39, 0.29) is 5.75 Å². The third-order valence-electron chi connectivity index (χ3n) is 2.37. The van der Waals surface area contributed by atoms with E-state index in [1.54, 1.807) is 6.07 Å². The lowest BCUT2D eigenvalue weighted by molar-refractivity contribution is -0.133. The zero-order valence-electron chi connectivity index (χ0n) is 10.2. The first-order chi connectivity index (χ1) is 8.38. The van der Waals surface area contributed by atoms with Crippen molar-refractivity contribution in [3.05, 3.63) is 29.3 Å². The summed E-state index contributed by atoms with van der Waals surface area (Å²) in [5, 5.41) is 11.0. The zero-order valence-corrected chi connectivity index (χ0v) is 11.0. The van der Waals surface area contributed by atoms with Crippen LogP contribution < -0.4 is 5.32 Å². The maximum absolute atomic E-state index is 11.5.